The van der Waals surface area contributed by atoms with Crippen molar-refractivity contribution >= 4 is 28.3 Å². The van der Waals surface area contributed by atoms with Crippen molar-refractivity contribution in [1.29, 1.82) is 0 Å². The van der Waals surface area contributed by atoms with Crippen molar-refractivity contribution in [3.8, 4) is 0 Å². The number of aromatic amines is 1. The quantitative estimate of drug-likeness (QED) is 0.731. The highest BCUT2D eigenvalue weighted by molar-refractivity contribution is 7.11. The molecule has 0 spiro atoms. The molecule has 6 heteroatoms. The molecular formula is C18H22N4OS. The smallest absolute Gasteiger partial charge is 0.271 e. The number of hydrogen-bond acceptors (Lipinski definition) is 4. The Hall–Kier alpha value is -2.21. The number of carbonyl (C=O) groups excluding carboxylic acids is 1. The maximum atomic E-state index is 12.7. The van der Waals surface area contributed by atoms with Gasteiger partial charge in [-0.1, -0.05) is 32.4 Å². The fourth-order valence-corrected chi connectivity index (χ4v) is 3.60. The number of benzene rings is 1. The molecule has 3 rings (SSSR count). The summed E-state index contributed by atoms with van der Waals surface area (Å²) in [6.45, 7) is 8.08. The van der Waals surface area contributed by atoms with E-state index in [1.54, 1.807) is 11.3 Å². The molecule has 0 radical (unpaired) electrons. The third kappa shape index (κ3) is 3.19. The van der Waals surface area contributed by atoms with E-state index in [0.29, 0.717) is 5.69 Å². The minimum atomic E-state index is -0.170. The van der Waals surface area contributed by atoms with Crippen molar-refractivity contribution in [2.45, 2.75) is 40.2 Å². The number of nitrogens with one attached hydrogen (secondary N) is 2. The van der Waals surface area contributed by atoms with Crippen LogP contribution in [0.4, 0.5) is 0 Å². The number of thiazole rings is 1. The zero-order chi connectivity index (χ0) is 17.3. The molecule has 1 amide bonds. The number of aromatic nitrogens is 3. The topological polar surface area (TPSA) is 70.7 Å². The molecule has 0 saturated heterocycles. The van der Waals surface area contributed by atoms with Crippen molar-refractivity contribution in [1.82, 2.24) is 20.3 Å². The molecule has 5 nitrogen and oxygen atoms in total. The molecule has 0 unspecified atom stereocenters. The second-order valence-corrected chi connectivity index (χ2v) is 7.52. The number of carbonyl (C=O) groups is 1. The van der Waals surface area contributed by atoms with E-state index in [1.165, 1.54) is 0 Å². The van der Waals surface area contributed by atoms with E-state index in [2.05, 4.69) is 34.1 Å². The fourth-order valence-electron chi connectivity index (χ4n) is 2.78. The summed E-state index contributed by atoms with van der Waals surface area (Å²) in [5.41, 5.74) is 2.41. The molecule has 0 aliphatic carbocycles. The van der Waals surface area contributed by atoms with Crippen LogP contribution in [0.5, 0.6) is 0 Å². The van der Waals surface area contributed by atoms with Crippen molar-refractivity contribution in [3.63, 3.8) is 0 Å². The van der Waals surface area contributed by atoms with Gasteiger partial charge in [0.25, 0.3) is 5.91 Å². The molecule has 126 valence electrons. The normalized spacial score (nSPS) is 13.8. The van der Waals surface area contributed by atoms with Gasteiger partial charge in [-0.2, -0.15) is 0 Å². The molecule has 0 bridgehead atoms. The lowest BCUT2D eigenvalue weighted by molar-refractivity contribution is 0.0915. The van der Waals surface area contributed by atoms with Crippen molar-refractivity contribution in [2.75, 3.05) is 0 Å². The molecule has 2 atom stereocenters. The highest BCUT2D eigenvalue weighted by atomic mass is 32.1. The van der Waals surface area contributed by atoms with Gasteiger partial charge in [0.15, 0.2) is 0 Å². The van der Waals surface area contributed by atoms with Crippen molar-refractivity contribution in [2.24, 2.45) is 5.92 Å². The van der Waals surface area contributed by atoms with Crippen LogP contribution in [0.25, 0.3) is 11.0 Å². The van der Waals surface area contributed by atoms with Crippen LogP contribution in [-0.4, -0.2) is 20.9 Å². The minimum absolute atomic E-state index is 0.136. The Labute approximate surface area is 145 Å². The van der Waals surface area contributed by atoms with Gasteiger partial charge in [-0.25, -0.2) is 9.97 Å². The lowest BCUT2D eigenvalue weighted by Gasteiger charge is -2.22. The first kappa shape index (κ1) is 16.6. The first-order chi connectivity index (χ1) is 11.5. The number of hydrogen-bond donors (Lipinski definition) is 2. The number of H-pyrrole nitrogens is 1. The predicted octanol–water partition coefficient (Wildman–Crippen LogP) is 4.15. The molecule has 0 fully saturated rings. The van der Waals surface area contributed by atoms with E-state index in [4.69, 9.17) is 0 Å². The summed E-state index contributed by atoms with van der Waals surface area (Å²) >= 11 is 1.54. The van der Waals surface area contributed by atoms with Gasteiger partial charge in [0.05, 0.1) is 22.1 Å². The van der Waals surface area contributed by atoms with E-state index < -0.39 is 0 Å². The van der Waals surface area contributed by atoms with E-state index >= 15 is 0 Å². The van der Waals surface area contributed by atoms with Gasteiger partial charge in [0.1, 0.15) is 11.5 Å². The van der Waals surface area contributed by atoms with Gasteiger partial charge in [-0.3, -0.25) is 4.79 Å². The Morgan fingerprint density at radius 1 is 1.29 bits per heavy atom. The SMILES string of the molecule is CC[C@H](C)[C@@H](NC(=O)c1nc(C)sc1C)c1nc2ccccc2[nH]1. The molecule has 0 saturated carbocycles. The summed E-state index contributed by atoms with van der Waals surface area (Å²) in [7, 11) is 0. The van der Waals surface area contributed by atoms with E-state index in [0.717, 1.165) is 33.2 Å². The average Bonchev–Trinajstić information content (AvgIpc) is 3.14. The standard InChI is InChI=1S/C18H22N4OS/c1-5-10(2)15(17-20-13-8-6-7-9-14(13)21-17)22-18(23)16-11(3)24-12(4)19-16/h6-10,15H,5H2,1-4H3,(H,20,21)(H,22,23)/t10-,15+/m0/s1. The van der Waals surface area contributed by atoms with Gasteiger partial charge >= 0.3 is 0 Å². The molecule has 3 aromatic rings. The molecule has 2 heterocycles. The summed E-state index contributed by atoms with van der Waals surface area (Å²) in [6.07, 6.45) is 0.942. The fraction of sp³-hybridized carbons (Fsp3) is 0.389. The van der Waals surface area contributed by atoms with Gasteiger partial charge in [0.2, 0.25) is 0 Å². The number of amides is 1. The van der Waals surface area contributed by atoms with Gasteiger partial charge in [-0.05, 0) is 31.9 Å². The number of rotatable bonds is 5. The van der Waals surface area contributed by atoms with Gasteiger partial charge < -0.3 is 10.3 Å². The van der Waals surface area contributed by atoms with Gasteiger partial charge in [-0.15, -0.1) is 11.3 Å². The molecule has 2 aromatic heterocycles. The Bertz CT molecular complexity index is 834. The zero-order valence-electron chi connectivity index (χ0n) is 14.4. The van der Waals surface area contributed by atoms with Crippen LogP contribution in [0.3, 0.4) is 0 Å². The number of para-hydroxylation sites is 2. The average molecular weight is 342 g/mol. The van der Waals surface area contributed by atoms with E-state index in [9.17, 15) is 4.79 Å². The van der Waals surface area contributed by atoms with Crippen LogP contribution in [0.2, 0.25) is 0 Å². The Morgan fingerprint density at radius 2 is 2.04 bits per heavy atom. The van der Waals surface area contributed by atoms with Crippen LogP contribution < -0.4 is 5.32 Å². The predicted molar refractivity (Wildman–Crippen MR) is 97.3 cm³/mol. The van der Waals surface area contributed by atoms with Crippen molar-refractivity contribution in [3.05, 3.63) is 45.7 Å². The lowest BCUT2D eigenvalue weighted by Crippen LogP contribution is -2.33. The molecule has 0 aliphatic heterocycles. The third-order valence-corrected chi connectivity index (χ3v) is 5.21. The summed E-state index contributed by atoms with van der Waals surface area (Å²) < 4.78 is 0. The molecular weight excluding hydrogens is 320 g/mol. The van der Waals surface area contributed by atoms with E-state index in [-0.39, 0.29) is 17.9 Å². The second-order valence-electron chi connectivity index (χ2n) is 6.11. The maximum Gasteiger partial charge on any atom is 0.271 e. The number of aryl methyl sites for hydroxylation is 2. The molecule has 0 aliphatic rings. The maximum absolute atomic E-state index is 12.7. The monoisotopic (exact) mass is 342 g/mol. The summed E-state index contributed by atoms with van der Waals surface area (Å²) in [5.74, 6) is 0.917. The van der Waals surface area contributed by atoms with Crippen LogP contribution in [0.15, 0.2) is 24.3 Å². The van der Waals surface area contributed by atoms with Crippen LogP contribution in [0.1, 0.15) is 52.5 Å². The largest absolute Gasteiger partial charge is 0.340 e. The number of nitrogens with zero attached hydrogens (tertiary/aromatic N) is 2. The first-order valence-corrected chi connectivity index (χ1v) is 9.00. The highest BCUT2D eigenvalue weighted by Crippen LogP contribution is 2.26. The minimum Gasteiger partial charge on any atom is -0.340 e. The van der Waals surface area contributed by atoms with Gasteiger partial charge in [0, 0.05) is 4.88 Å². The van der Waals surface area contributed by atoms with Crippen LogP contribution in [0, 0.1) is 19.8 Å². The van der Waals surface area contributed by atoms with Crippen molar-refractivity contribution < 1.29 is 4.79 Å². The Morgan fingerprint density at radius 3 is 2.67 bits per heavy atom. The van der Waals surface area contributed by atoms with E-state index in [1.807, 2.05) is 38.1 Å². The summed E-state index contributed by atoms with van der Waals surface area (Å²) in [5, 5.41) is 4.03. The third-order valence-electron chi connectivity index (χ3n) is 4.32. The molecule has 24 heavy (non-hydrogen) atoms. The Balaban J connectivity index is 1.92. The lowest BCUT2D eigenvalue weighted by atomic mass is 9.98. The zero-order valence-corrected chi connectivity index (χ0v) is 15.2. The number of fused-ring (bicyclic) bond motifs is 1. The highest BCUT2D eigenvalue weighted by Gasteiger charge is 2.25. The summed E-state index contributed by atoms with van der Waals surface area (Å²) in [6, 6.07) is 7.73. The number of imidazole rings is 1. The first-order valence-electron chi connectivity index (χ1n) is 8.19. The summed E-state index contributed by atoms with van der Waals surface area (Å²) in [4.78, 5) is 26.0. The molecule has 1 aromatic carbocycles. The second kappa shape index (κ2) is 6.73. The van der Waals surface area contributed by atoms with Crippen LogP contribution >= 0.6 is 11.3 Å². The molecule has 2 N–H and O–H groups in total. The Kier molecular flexibility index (Phi) is 4.66. The van der Waals surface area contributed by atoms with Crippen LogP contribution in [-0.2, 0) is 0 Å².